The third-order valence-electron chi connectivity index (χ3n) is 2.53. The first-order valence-electron chi connectivity index (χ1n) is 5.53. The van der Waals surface area contributed by atoms with Gasteiger partial charge in [-0.1, -0.05) is 0 Å². The first kappa shape index (κ1) is 12.7. The Balaban J connectivity index is 2.25. The van der Waals surface area contributed by atoms with Crippen LogP contribution in [0.5, 0.6) is 0 Å². The lowest BCUT2D eigenvalue weighted by Gasteiger charge is -2.15. The number of thiophene rings is 1. The van der Waals surface area contributed by atoms with E-state index in [2.05, 4.69) is 49.6 Å². The zero-order valence-corrected chi connectivity index (χ0v) is 11.0. The van der Waals surface area contributed by atoms with E-state index in [9.17, 15) is 0 Å². The second-order valence-corrected chi connectivity index (χ2v) is 5.25. The maximum Gasteiger partial charge on any atom is 0.0388 e. The van der Waals surface area contributed by atoms with Gasteiger partial charge in [0.05, 0.1) is 0 Å². The monoisotopic (exact) mass is 226 g/mol. The molecule has 0 saturated carbocycles. The molecule has 0 radical (unpaired) electrons. The van der Waals surface area contributed by atoms with E-state index in [0.717, 1.165) is 13.1 Å². The van der Waals surface area contributed by atoms with E-state index < -0.39 is 0 Å². The molecule has 1 heterocycles. The van der Waals surface area contributed by atoms with Gasteiger partial charge in [-0.25, -0.2) is 0 Å². The molecule has 1 aromatic rings. The molecule has 3 heteroatoms. The first-order valence-corrected chi connectivity index (χ1v) is 6.41. The molecule has 0 aliphatic rings. The standard InChI is InChI=1S/C12H22N2S/c1-10-6-9-15-12(10)11(2)13-7-5-8-14(3)4/h6,9,11,13H,5,7-8H2,1-4H3/t11-/m1/s1. The maximum atomic E-state index is 3.56. The summed E-state index contributed by atoms with van der Waals surface area (Å²) in [7, 11) is 4.24. The number of hydrogen-bond acceptors (Lipinski definition) is 3. The SMILES string of the molecule is Cc1ccsc1[C@@H](C)NCCCN(C)C. The predicted octanol–water partition coefficient (Wildman–Crippen LogP) is 2.66. The van der Waals surface area contributed by atoms with Gasteiger partial charge in [-0.2, -0.15) is 0 Å². The molecule has 1 atom stereocenters. The van der Waals surface area contributed by atoms with Gasteiger partial charge in [-0.15, -0.1) is 11.3 Å². The minimum Gasteiger partial charge on any atom is -0.309 e. The van der Waals surface area contributed by atoms with Gasteiger partial charge in [0.25, 0.3) is 0 Å². The normalized spacial score (nSPS) is 13.4. The van der Waals surface area contributed by atoms with Gasteiger partial charge in [0.1, 0.15) is 0 Å². The van der Waals surface area contributed by atoms with Crippen LogP contribution in [0.15, 0.2) is 11.4 Å². The highest BCUT2D eigenvalue weighted by Crippen LogP contribution is 2.23. The Morgan fingerprint density at radius 2 is 2.20 bits per heavy atom. The quantitative estimate of drug-likeness (QED) is 0.750. The van der Waals surface area contributed by atoms with Crippen molar-refractivity contribution < 1.29 is 0 Å². The van der Waals surface area contributed by atoms with Crippen LogP contribution in [0.1, 0.15) is 29.8 Å². The third-order valence-corrected chi connectivity index (χ3v) is 3.73. The van der Waals surface area contributed by atoms with Crippen molar-refractivity contribution >= 4 is 11.3 Å². The predicted molar refractivity (Wildman–Crippen MR) is 68.6 cm³/mol. The molecule has 0 aliphatic heterocycles. The van der Waals surface area contributed by atoms with Crippen LogP contribution in [0.25, 0.3) is 0 Å². The lowest BCUT2D eigenvalue weighted by molar-refractivity contribution is 0.389. The van der Waals surface area contributed by atoms with E-state index in [-0.39, 0.29) is 0 Å². The van der Waals surface area contributed by atoms with Gasteiger partial charge in [0.2, 0.25) is 0 Å². The summed E-state index contributed by atoms with van der Waals surface area (Å²) in [6.07, 6.45) is 1.21. The Labute approximate surface area is 97.3 Å². The lowest BCUT2D eigenvalue weighted by atomic mass is 10.2. The van der Waals surface area contributed by atoms with Crippen LogP contribution >= 0.6 is 11.3 Å². The molecule has 0 amide bonds. The van der Waals surface area contributed by atoms with E-state index in [1.165, 1.54) is 16.9 Å². The smallest absolute Gasteiger partial charge is 0.0388 e. The van der Waals surface area contributed by atoms with E-state index in [1.54, 1.807) is 0 Å². The fourth-order valence-electron chi connectivity index (χ4n) is 1.63. The molecule has 0 spiro atoms. The second-order valence-electron chi connectivity index (χ2n) is 4.30. The zero-order chi connectivity index (χ0) is 11.3. The Morgan fingerprint density at radius 3 is 2.73 bits per heavy atom. The van der Waals surface area contributed by atoms with Gasteiger partial charge in [0, 0.05) is 10.9 Å². The molecule has 0 unspecified atom stereocenters. The van der Waals surface area contributed by atoms with Crippen molar-refractivity contribution in [1.29, 1.82) is 0 Å². The minimum absolute atomic E-state index is 0.493. The molecule has 15 heavy (non-hydrogen) atoms. The summed E-state index contributed by atoms with van der Waals surface area (Å²) in [6.45, 7) is 6.68. The Hall–Kier alpha value is -0.380. The lowest BCUT2D eigenvalue weighted by Crippen LogP contribution is -2.23. The molecule has 0 saturated heterocycles. The molecule has 0 bridgehead atoms. The van der Waals surface area contributed by atoms with Crippen LogP contribution < -0.4 is 5.32 Å². The first-order chi connectivity index (χ1) is 7.11. The van der Waals surface area contributed by atoms with Gasteiger partial charge in [0.15, 0.2) is 0 Å². The molecule has 1 N–H and O–H groups in total. The summed E-state index contributed by atoms with van der Waals surface area (Å²) in [5, 5.41) is 5.73. The zero-order valence-electron chi connectivity index (χ0n) is 10.2. The highest BCUT2D eigenvalue weighted by atomic mass is 32.1. The summed E-state index contributed by atoms with van der Waals surface area (Å²) >= 11 is 1.85. The van der Waals surface area contributed by atoms with Crippen LogP contribution in [-0.2, 0) is 0 Å². The molecule has 0 aromatic carbocycles. The van der Waals surface area contributed by atoms with Crippen molar-refractivity contribution in [2.45, 2.75) is 26.3 Å². The van der Waals surface area contributed by atoms with Crippen molar-refractivity contribution in [1.82, 2.24) is 10.2 Å². The van der Waals surface area contributed by atoms with Crippen molar-refractivity contribution in [3.05, 3.63) is 21.9 Å². The summed E-state index contributed by atoms with van der Waals surface area (Å²) in [4.78, 5) is 3.70. The molecule has 86 valence electrons. The summed E-state index contributed by atoms with van der Waals surface area (Å²) < 4.78 is 0. The molecule has 0 fully saturated rings. The Morgan fingerprint density at radius 1 is 1.47 bits per heavy atom. The van der Waals surface area contributed by atoms with Crippen molar-refractivity contribution in [2.24, 2.45) is 0 Å². The largest absolute Gasteiger partial charge is 0.309 e. The number of rotatable bonds is 6. The van der Waals surface area contributed by atoms with Crippen LogP contribution in [0.3, 0.4) is 0 Å². The van der Waals surface area contributed by atoms with Crippen LogP contribution in [0, 0.1) is 6.92 Å². The fourth-order valence-corrected chi connectivity index (χ4v) is 2.59. The summed E-state index contributed by atoms with van der Waals surface area (Å²) in [5.74, 6) is 0. The molecule has 0 aliphatic carbocycles. The van der Waals surface area contributed by atoms with Crippen molar-refractivity contribution in [2.75, 3.05) is 27.2 Å². The van der Waals surface area contributed by atoms with E-state index in [0.29, 0.717) is 6.04 Å². The van der Waals surface area contributed by atoms with Gasteiger partial charge >= 0.3 is 0 Å². The van der Waals surface area contributed by atoms with Crippen molar-refractivity contribution in [3.63, 3.8) is 0 Å². The Bertz CT molecular complexity index is 281. The molecular weight excluding hydrogens is 204 g/mol. The van der Waals surface area contributed by atoms with Gasteiger partial charge in [-0.05, 0) is 64.5 Å². The third kappa shape index (κ3) is 4.33. The number of nitrogens with zero attached hydrogens (tertiary/aromatic N) is 1. The van der Waals surface area contributed by atoms with Gasteiger partial charge < -0.3 is 10.2 Å². The van der Waals surface area contributed by atoms with E-state index in [4.69, 9.17) is 0 Å². The van der Waals surface area contributed by atoms with E-state index >= 15 is 0 Å². The fraction of sp³-hybridized carbons (Fsp3) is 0.667. The highest BCUT2D eigenvalue weighted by molar-refractivity contribution is 7.10. The number of aryl methyl sites for hydroxylation is 1. The van der Waals surface area contributed by atoms with Gasteiger partial charge in [-0.3, -0.25) is 0 Å². The summed E-state index contributed by atoms with van der Waals surface area (Å²) in [6, 6.07) is 2.69. The van der Waals surface area contributed by atoms with Crippen LogP contribution in [0.2, 0.25) is 0 Å². The molecule has 1 aromatic heterocycles. The van der Waals surface area contributed by atoms with Crippen LogP contribution in [0.4, 0.5) is 0 Å². The summed E-state index contributed by atoms with van der Waals surface area (Å²) in [5.41, 5.74) is 1.41. The highest BCUT2D eigenvalue weighted by Gasteiger charge is 2.08. The van der Waals surface area contributed by atoms with Crippen LogP contribution in [-0.4, -0.2) is 32.1 Å². The number of hydrogen-bond donors (Lipinski definition) is 1. The molecular formula is C12H22N2S. The minimum atomic E-state index is 0.493. The maximum absolute atomic E-state index is 3.56. The molecule has 2 nitrogen and oxygen atoms in total. The van der Waals surface area contributed by atoms with E-state index in [1.807, 2.05) is 11.3 Å². The average molecular weight is 226 g/mol. The topological polar surface area (TPSA) is 15.3 Å². The van der Waals surface area contributed by atoms with Crippen molar-refractivity contribution in [3.8, 4) is 0 Å². The average Bonchev–Trinajstić information content (AvgIpc) is 2.58. The second kappa shape index (κ2) is 6.26. The number of nitrogens with one attached hydrogen (secondary N) is 1. The Kier molecular flexibility index (Phi) is 5.29. The molecule has 1 rings (SSSR count).